The highest BCUT2D eigenvalue weighted by Crippen LogP contribution is 2.59. The first kappa shape index (κ1) is 26.6. The first-order chi connectivity index (χ1) is 15.2. The van der Waals surface area contributed by atoms with E-state index in [-0.39, 0.29) is 0 Å². The molecular weight excluding hydrogens is 485 g/mol. The molecule has 0 aliphatic carbocycles. The van der Waals surface area contributed by atoms with Crippen molar-refractivity contribution in [2.45, 2.75) is 36.9 Å². The molecule has 0 radical (unpaired) electrons. The molecule has 0 heterocycles. The molecule has 1 N–H and O–H groups in total. The number of hydrogen-bond acceptors (Lipinski definition) is 3. The van der Waals surface area contributed by atoms with Gasteiger partial charge in [0.15, 0.2) is 12.9 Å². The summed E-state index contributed by atoms with van der Waals surface area (Å²) in [5.74, 6) is -23.0. The van der Waals surface area contributed by atoms with Gasteiger partial charge < -0.3 is 14.6 Å². The third kappa shape index (κ3) is 4.71. The van der Waals surface area contributed by atoms with Crippen molar-refractivity contribution in [2.24, 2.45) is 0 Å². The maximum absolute atomic E-state index is 15.2. The molecule has 0 bridgehead atoms. The number of benzene rings is 2. The number of halogens is 8. The van der Waals surface area contributed by atoms with Gasteiger partial charge in [-0.05, 0) is 6.92 Å². The Labute approximate surface area is 183 Å². The van der Waals surface area contributed by atoms with Gasteiger partial charge in [-0.15, -0.1) is 0 Å². The summed E-state index contributed by atoms with van der Waals surface area (Å²) in [6, 6.07) is 11.5. The van der Waals surface area contributed by atoms with Crippen molar-refractivity contribution >= 4 is 23.8 Å². The van der Waals surface area contributed by atoms with Gasteiger partial charge in [-0.3, -0.25) is 0 Å². The number of alkyl carbamates (subject to hydrolysis) is 1. The Kier molecular flexibility index (Phi) is 7.83. The summed E-state index contributed by atoms with van der Waals surface area (Å²) in [5, 5.41) is 0.241. The zero-order valence-corrected chi connectivity index (χ0v) is 17.7. The van der Waals surface area contributed by atoms with Crippen molar-refractivity contribution in [3.8, 4) is 0 Å². The second-order valence-corrected chi connectivity index (χ2v) is 9.58. The number of nitrogens with one attached hydrogen (secondary N) is 1. The second kappa shape index (κ2) is 9.70. The molecule has 0 aromatic heterocycles. The van der Waals surface area contributed by atoms with Crippen LogP contribution in [0.15, 0.2) is 60.7 Å². The molecule has 0 aliphatic rings. The molecule has 4 nitrogen and oxygen atoms in total. The molecule has 13 heteroatoms. The molecule has 0 spiro atoms. The standard InChI is InChI=1S/C20H18F8NO3P/c1-2-32-17(30)29-16(19(25,26)20(27,28)18(23,24)15(21)22)33(31,13-9-5-3-6-10-13)14-11-7-4-8-12-14/h3-12,15-16H,2H2,1H3,(H,29,30)/t16-/m1/s1. The Morgan fingerprint density at radius 2 is 1.30 bits per heavy atom. The van der Waals surface area contributed by atoms with E-state index in [1.165, 1.54) is 48.6 Å². The van der Waals surface area contributed by atoms with Gasteiger partial charge in [-0.2, -0.15) is 26.3 Å². The van der Waals surface area contributed by atoms with Gasteiger partial charge >= 0.3 is 30.3 Å². The van der Waals surface area contributed by atoms with E-state index in [4.69, 9.17) is 0 Å². The zero-order chi connectivity index (χ0) is 25.1. The lowest BCUT2D eigenvalue weighted by atomic mass is 10.0. The minimum Gasteiger partial charge on any atom is -0.450 e. The number of rotatable bonds is 9. The van der Waals surface area contributed by atoms with Gasteiger partial charge in [0.25, 0.3) is 0 Å². The number of carbonyl (C=O) groups excluding carboxylic acids is 1. The van der Waals surface area contributed by atoms with Crippen LogP contribution in [0.1, 0.15) is 6.92 Å². The predicted molar refractivity (Wildman–Crippen MR) is 105 cm³/mol. The van der Waals surface area contributed by atoms with Gasteiger partial charge in [0.05, 0.1) is 6.61 Å². The highest BCUT2D eigenvalue weighted by atomic mass is 31.2. The number of carbonyl (C=O) groups is 1. The van der Waals surface area contributed by atoms with Gasteiger partial charge in [0, 0.05) is 10.6 Å². The Morgan fingerprint density at radius 1 is 0.879 bits per heavy atom. The lowest BCUT2D eigenvalue weighted by Crippen LogP contribution is -2.66. The summed E-state index contributed by atoms with van der Waals surface area (Å²) in [6.07, 6.45) is -6.97. The maximum atomic E-state index is 15.2. The number of amides is 1. The lowest BCUT2D eigenvalue weighted by Gasteiger charge is -2.40. The van der Waals surface area contributed by atoms with Gasteiger partial charge in [-0.1, -0.05) is 60.7 Å². The zero-order valence-electron chi connectivity index (χ0n) is 16.8. The van der Waals surface area contributed by atoms with Crippen LogP contribution in [-0.2, 0) is 9.30 Å². The van der Waals surface area contributed by atoms with Crippen LogP contribution >= 0.6 is 7.14 Å². The Morgan fingerprint density at radius 3 is 1.67 bits per heavy atom. The normalized spacial score (nSPS) is 14.1. The molecule has 1 atom stereocenters. The summed E-state index contributed by atoms with van der Waals surface area (Å²) in [7, 11) is -5.15. The summed E-state index contributed by atoms with van der Waals surface area (Å²) >= 11 is 0. The van der Waals surface area contributed by atoms with Crippen LogP contribution in [0, 0.1) is 0 Å². The smallest absolute Gasteiger partial charge is 0.407 e. The highest BCUT2D eigenvalue weighted by Gasteiger charge is 2.79. The molecular formula is C20H18F8NO3P. The molecule has 182 valence electrons. The van der Waals surface area contributed by atoms with E-state index in [1.54, 1.807) is 0 Å². The van der Waals surface area contributed by atoms with Gasteiger partial charge in [0.2, 0.25) is 0 Å². The number of alkyl halides is 8. The van der Waals surface area contributed by atoms with Crippen LogP contribution in [0.3, 0.4) is 0 Å². The van der Waals surface area contributed by atoms with Crippen LogP contribution in [0.5, 0.6) is 0 Å². The summed E-state index contributed by atoms with van der Waals surface area (Å²) in [4.78, 5) is 12.0. The molecule has 2 rings (SSSR count). The molecule has 0 aliphatic heterocycles. The minimum atomic E-state index is -6.72. The summed E-state index contributed by atoms with van der Waals surface area (Å²) in [5.41, 5.74) is 0. The van der Waals surface area contributed by atoms with Crippen molar-refractivity contribution in [1.29, 1.82) is 0 Å². The molecule has 2 aromatic rings. The molecule has 0 saturated carbocycles. The van der Waals surface area contributed by atoms with Crippen molar-refractivity contribution < 1.29 is 49.2 Å². The fraction of sp³-hybridized carbons (Fsp3) is 0.350. The molecule has 0 unspecified atom stereocenters. The summed E-state index contributed by atoms with van der Waals surface area (Å²) in [6.45, 7) is 0.773. The van der Waals surface area contributed by atoms with Crippen LogP contribution in [0.4, 0.5) is 39.9 Å². The largest absolute Gasteiger partial charge is 0.450 e. The molecule has 1 amide bonds. The van der Waals surface area contributed by atoms with E-state index in [1.807, 2.05) is 0 Å². The SMILES string of the molecule is CCOC(=O)N[C@@H](C(F)(F)C(F)(F)C(F)(F)C(F)F)P(=O)(c1ccccc1)c1ccccc1. The quantitative estimate of drug-likeness (QED) is 0.376. The monoisotopic (exact) mass is 503 g/mol. The van der Waals surface area contributed by atoms with Crippen molar-refractivity contribution in [2.75, 3.05) is 6.61 Å². The van der Waals surface area contributed by atoms with Crippen molar-refractivity contribution in [3.05, 3.63) is 60.7 Å². The van der Waals surface area contributed by atoms with E-state index in [2.05, 4.69) is 4.74 Å². The second-order valence-electron chi connectivity index (χ2n) is 6.72. The van der Waals surface area contributed by atoms with Crippen LogP contribution in [0.25, 0.3) is 0 Å². The van der Waals surface area contributed by atoms with E-state index in [0.717, 1.165) is 24.3 Å². The van der Waals surface area contributed by atoms with E-state index < -0.39 is 60.4 Å². The predicted octanol–water partition coefficient (Wildman–Crippen LogP) is 5.24. The van der Waals surface area contributed by atoms with Crippen LogP contribution in [0.2, 0.25) is 0 Å². The van der Waals surface area contributed by atoms with E-state index in [9.17, 15) is 35.7 Å². The van der Waals surface area contributed by atoms with E-state index in [0.29, 0.717) is 0 Å². The lowest BCUT2D eigenvalue weighted by molar-refractivity contribution is -0.339. The van der Waals surface area contributed by atoms with Crippen molar-refractivity contribution in [3.63, 3.8) is 0 Å². The first-order valence-electron chi connectivity index (χ1n) is 9.30. The Bertz CT molecular complexity index is 946. The first-order valence-corrected chi connectivity index (χ1v) is 11.1. The molecule has 0 saturated heterocycles. The van der Waals surface area contributed by atoms with Crippen molar-refractivity contribution in [1.82, 2.24) is 5.32 Å². The van der Waals surface area contributed by atoms with Gasteiger partial charge in [-0.25, -0.2) is 13.6 Å². The molecule has 2 aromatic carbocycles. The fourth-order valence-electron chi connectivity index (χ4n) is 2.97. The van der Waals surface area contributed by atoms with Crippen LogP contribution in [-0.4, -0.2) is 42.7 Å². The molecule has 0 fully saturated rings. The third-order valence-corrected chi connectivity index (χ3v) is 7.94. The average molecular weight is 503 g/mol. The topological polar surface area (TPSA) is 55.4 Å². The minimum absolute atomic E-state index is 0.450. The Balaban J connectivity index is 2.86. The Hall–Kier alpha value is -2.62. The van der Waals surface area contributed by atoms with Gasteiger partial charge in [0.1, 0.15) is 0 Å². The van der Waals surface area contributed by atoms with E-state index >= 15 is 8.78 Å². The number of ether oxygens (including phenoxy) is 1. The third-order valence-electron chi connectivity index (χ3n) is 4.63. The maximum Gasteiger partial charge on any atom is 0.407 e. The molecule has 33 heavy (non-hydrogen) atoms. The number of hydrogen-bond donors (Lipinski definition) is 1. The average Bonchev–Trinajstić information content (AvgIpc) is 2.78. The summed E-state index contributed by atoms with van der Waals surface area (Å²) < 4.78 is 130. The highest BCUT2D eigenvalue weighted by molar-refractivity contribution is 7.79. The van der Waals surface area contributed by atoms with Crippen LogP contribution < -0.4 is 15.9 Å². The fourth-order valence-corrected chi connectivity index (χ4v) is 6.00.